The zero-order chi connectivity index (χ0) is 18.5. The first kappa shape index (κ1) is 18.7. The van der Waals surface area contributed by atoms with Crippen molar-refractivity contribution in [2.45, 2.75) is 32.8 Å². The van der Waals surface area contributed by atoms with Gasteiger partial charge in [-0.2, -0.15) is 0 Å². The lowest BCUT2D eigenvalue weighted by atomic mass is 10.1. The van der Waals surface area contributed by atoms with Crippen LogP contribution < -0.4 is 10.1 Å². The Morgan fingerprint density at radius 1 is 1.15 bits per heavy atom. The highest BCUT2D eigenvalue weighted by atomic mass is 16.5. The summed E-state index contributed by atoms with van der Waals surface area (Å²) >= 11 is 0. The smallest absolute Gasteiger partial charge is 0.263 e. The molecule has 2 atom stereocenters. The molecule has 2 unspecified atom stereocenters. The van der Waals surface area contributed by atoms with Crippen molar-refractivity contribution in [3.63, 3.8) is 0 Å². The third-order valence-corrected chi connectivity index (χ3v) is 5.30. The molecule has 0 aromatic heterocycles. The molecule has 26 heavy (non-hydrogen) atoms. The van der Waals surface area contributed by atoms with E-state index in [4.69, 9.17) is 4.74 Å². The molecular weight excluding hydrogens is 330 g/mol. The second-order valence-electron chi connectivity index (χ2n) is 7.10. The molecular formula is C20H29N3O3. The van der Waals surface area contributed by atoms with Crippen molar-refractivity contribution in [1.82, 2.24) is 15.1 Å². The predicted octanol–water partition coefficient (Wildman–Crippen LogP) is 1.30. The van der Waals surface area contributed by atoms with Crippen LogP contribution in [-0.4, -0.2) is 67.0 Å². The number of hydrogen-bond donors (Lipinski definition) is 1. The third kappa shape index (κ3) is 4.36. The van der Waals surface area contributed by atoms with Crippen LogP contribution in [0.25, 0.3) is 0 Å². The summed E-state index contributed by atoms with van der Waals surface area (Å²) < 4.78 is 5.80. The van der Waals surface area contributed by atoms with Crippen LogP contribution in [0.4, 0.5) is 0 Å². The topological polar surface area (TPSA) is 61.9 Å². The van der Waals surface area contributed by atoms with E-state index in [1.807, 2.05) is 34.1 Å². The highest BCUT2D eigenvalue weighted by Gasteiger charge is 2.31. The van der Waals surface area contributed by atoms with E-state index >= 15 is 0 Å². The number of nitrogens with zero attached hydrogens (tertiary/aromatic N) is 2. The highest BCUT2D eigenvalue weighted by molar-refractivity contribution is 5.82. The van der Waals surface area contributed by atoms with E-state index < -0.39 is 6.10 Å². The molecule has 6 nitrogen and oxygen atoms in total. The first-order valence-corrected chi connectivity index (χ1v) is 9.62. The van der Waals surface area contributed by atoms with Crippen molar-refractivity contribution < 1.29 is 14.3 Å². The van der Waals surface area contributed by atoms with Crippen LogP contribution in [0.3, 0.4) is 0 Å². The molecule has 0 saturated carbocycles. The SMILES string of the molecule is CCc1ccc(OC(C)C(=O)N2CCN(C(=O)C3CCNC3)CC2)cc1. The molecule has 0 radical (unpaired) electrons. The molecule has 1 aromatic rings. The first-order valence-electron chi connectivity index (χ1n) is 9.62. The number of benzene rings is 1. The molecule has 2 saturated heterocycles. The number of carbonyl (C=O) groups is 2. The van der Waals surface area contributed by atoms with E-state index in [0.29, 0.717) is 31.9 Å². The third-order valence-electron chi connectivity index (χ3n) is 5.30. The Balaban J connectivity index is 1.48. The fourth-order valence-corrected chi connectivity index (χ4v) is 3.59. The maximum atomic E-state index is 12.6. The summed E-state index contributed by atoms with van der Waals surface area (Å²) in [5, 5.41) is 3.24. The van der Waals surface area contributed by atoms with Crippen molar-refractivity contribution in [1.29, 1.82) is 0 Å². The minimum atomic E-state index is -0.524. The monoisotopic (exact) mass is 359 g/mol. The minimum absolute atomic E-state index is 0.0146. The van der Waals surface area contributed by atoms with Crippen LogP contribution in [-0.2, 0) is 16.0 Å². The van der Waals surface area contributed by atoms with Gasteiger partial charge in [0.1, 0.15) is 5.75 Å². The standard InChI is InChI=1S/C20H29N3O3/c1-3-16-4-6-18(7-5-16)26-15(2)19(24)22-10-12-23(13-11-22)20(25)17-8-9-21-14-17/h4-7,15,17,21H,3,8-14H2,1-2H3. The van der Waals surface area contributed by atoms with E-state index in [-0.39, 0.29) is 17.7 Å². The van der Waals surface area contributed by atoms with Gasteiger partial charge in [0, 0.05) is 32.7 Å². The van der Waals surface area contributed by atoms with Gasteiger partial charge in [-0.3, -0.25) is 9.59 Å². The molecule has 1 aromatic carbocycles. The summed E-state index contributed by atoms with van der Waals surface area (Å²) in [6, 6.07) is 7.87. The largest absolute Gasteiger partial charge is 0.481 e. The Kier molecular flexibility index (Phi) is 6.14. The van der Waals surface area contributed by atoms with E-state index in [0.717, 1.165) is 25.9 Å². The van der Waals surface area contributed by atoms with Crippen LogP contribution in [0, 0.1) is 5.92 Å². The fourth-order valence-electron chi connectivity index (χ4n) is 3.59. The quantitative estimate of drug-likeness (QED) is 0.861. The van der Waals surface area contributed by atoms with Crippen molar-refractivity contribution in [3.05, 3.63) is 29.8 Å². The van der Waals surface area contributed by atoms with E-state index in [9.17, 15) is 9.59 Å². The van der Waals surface area contributed by atoms with Crippen LogP contribution in [0.15, 0.2) is 24.3 Å². The maximum absolute atomic E-state index is 12.6. The second-order valence-corrected chi connectivity index (χ2v) is 7.10. The number of piperazine rings is 1. The zero-order valence-electron chi connectivity index (χ0n) is 15.7. The molecule has 6 heteroatoms. The molecule has 2 aliphatic heterocycles. The van der Waals surface area contributed by atoms with Gasteiger partial charge in [-0.15, -0.1) is 0 Å². The molecule has 2 fully saturated rings. The molecule has 2 heterocycles. The molecule has 1 N–H and O–H groups in total. The molecule has 3 rings (SSSR count). The van der Waals surface area contributed by atoms with Gasteiger partial charge in [-0.05, 0) is 44.0 Å². The average Bonchev–Trinajstić information content (AvgIpc) is 3.22. The molecule has 0 bridgehead atoms. The van der Waals surface area contributed by atoms with Crippen molar-refractivity contribution in [3.8, 4) is 5.75 Å². The molecule has 0 spiro atoms. The summed E-state index contributed by atoms with van der Waals surface area (Å²) in [6.07, 6.45) is 1.37. The summed E-state index contributed by atoms with van der Waals surface area (Å²) in [4.78, 5) is 28.8. The molecule has 2 aliphatic rings. The number of amides is 2. The lowest BCUT2D eigenvalue weighted by Crippen LogP contribution is -2.54. The van der Waals surface area contributed by atoms with Gasteiger partial charge in [0.25, 0.3) is 5.91 Å². The van der Waals surface area contributed by atoms with Gasteiger partial charge in [0.2, 0.25) is 5.91 Å². The average molecular weight is 359 g/mol. The lowest BCUT2D eigenvalue weighted by molar-refractivity contribution is -0.145. The Morgan fingerprint density at radius 3 is 2.38 bits per heavy atom. The van der Waals surface area contributed by atoms with Crippen molar-refractivity contribution in [2.75, 3.05) is 39.3 Å². The van der Waals surface area contributed by atoms with Crippen LogP contribution in [0.1, 0.15) is 25.8 Å². The molecule has 2 amide bonds. The number of carbonyl (C=O) groups excluding carboxylic acids is 2. The normalized spacial score (nSPS) is 21.5. The van der Waals surface area contributed by atoms with Gasteiger partial charge in [-0.25, -0.2) is 0 Å². The van der Waals surface area contributed by atoms with Gasteiger partial charge < -0.3 is 19.9 Å². The molecule has 0 aliphatic carbocycles. The zero-order valence-corrected chi connectivity index (χ0v) is 15.7. The fraction of sp³-hybridized carbons (Fsp3) is 0.600. The van der Waals surface area contributed by atoms with Gasteiger partial charge in [-0.1, -0.05) is 19.1 Å². The van der Waals surface area contributed by atoms with Crippen LogP contribution >= 0.6 is 0 Å². The van der Waals surface area contributed by atoms with Gasteiger partial charge in [0.05, 0.1) is 5.92 Å². The Hall–Kier alpha value is -2.08. The first-order chi connectivity index (χ1) is 12.6. The summed E-state index contributed by atoms with van der Waals surface area (Å²) in [6.45, 7) is 7.97. The Labute approximate surface area is 155 Å². The number of hydrogen-bond acceptors (Lipinski definition) is 4. The minimum Gasteiger partial charge on any atom is -0.481 e. The summed E-state index contributed by atoms with van der Waals surface area (Å²) in [7, 11) is 0. The van der Waals surface area contributed by atoms with E-state index in [1.165, 1.54) is 5.56 Å². The Morgan fingerprint density at radius 2 is 1.81 bits per heavy atom. The van der Waals surface area contributed by atoms with E-state index in [2.05, 4.69) is 12.2 Å². The number of rotatable bonds is 5. The van der Waals surface area contributed by atoms with Crippen LogP contribution in [0.5, 0.6) is 5.75 Å². The van der Waals surface area contributed by atoms with Gasteiger partial charge in [0.15, 0.2) is 6.10 Å². The van der Waals surface area contributed by atoms with E-state index in [1.54, 1.807) is 6.92 Å². The van der Waals surface area contributed by atoms with Crippen LogP contribution in [0.2, 0.25) is 0 Å². The number of aryl methyl sites for hydroxylation is 1. The van der Waals surface area contributed by atoms with Crippen molar-refractivity contribution in [2.24, 2.45) is 5.92 Å². The Bertz CT molecular complexity index is 618. The molecule has 142 valence electrons. The predicted molar refractivity (Wildman–Crippen MR) is 100 cm³/mol. The maximum Gasteiger partial charge on any atom is 0.263 e. The number of nitrogens with one attached hydrogen (secondary N) is 1. The highest BCUT2D eigenvalue weighted by Crippen LogP contribution is 2.17. The summed E-state index contributed by atoms with van der Waals surface area (Å²) in [5.41, 5.74) is 1.24. The summed E-state index contributed by atoms with van der Waals surface area (Å²) in [5.74, 6) is 1.03. The van der Waals surface area contributed by atoms with Crippen molar-refractivity contribution >= 4 is 11.8 Å². The number of ether oxygens (including phenoxy) is 1. The lowest BCUT2D eigenvalue weighted by Gasteiger charge is -2.36. The van der Waals surface area contributed by atoms with Gasteiger partial charge >= 0.3 is 0 Å². The second kappa shape index (κ2) is 8.54.